The molecule has 22 heavy (non-hydrogen) atoms. The van der Waals surface area contributed by atoms with Gasteiger partial charge in [-0.3, -0.25) is 4.90 Å². The third kappa shape index (κ3) is 3.09. The maximum atomic E-state index is 13.8. The average molecular weight is 309 g/mol. The van der Waals surface area contributed by atoms with E-state index in [2.05, 4.69) is 0 Å². The van der Waals surface area contributed by atoms with Gasteiger partial charge in [0.2, 0.25) is 0 Å². The van der Waals surface area contributed by atoms with Crippen molar-refractivity contribution in [3.63, 3.8) is 0 Å². The average Bonchev–Trinajstić information content (AvgIpc) is 2.21. The zero-order valence-electron chi connectivity index (χ0n) is 14.0. The number of anilines is 1. The number of hydrogen-bond acceptors (Lipinski definition) is 3. The van der Waals surface area contributed by atoms with E-state index in [4.69, 9.17) is 4.74 Å². The van der Waals surface area contributed by atoms with E-state index in [0.717, 1.165) is 0 Å². The number of amides is 1. The summed E-state index contributed by atoms with van der Waals surface area (Å²) in [5.41, 5.74) is 0.287. The van der Waals surface area contributed by atoms with Crippen molar-refractivity contribution >= 4 is 11.8 Å². The van der Waals surface area contributed by atoms with E-state index in [1.54, 1.807) is 27.7 Å². The topological polar surface area (TPSA) is 49.8 Å². The Morgan fingerprint density at radius 3 is 2.55 bits per heavy atom. The minimum absolute atomic E-state index is 0.367. The third-order valence-corrected chi connectivity index (χ3v) is 3.78. The number of carbonyl (C=O) groups is 1. The number of benzene rings is 1. The van der Waals surface area contributed by atoms with Crippen molar-refractivity contribution in [2.45, 2.75) is 65.2 Å². The van der Waals surface area contributed by atoms with E-state index >= 15 is 0 Å². The fourth-order valence-corrected chi connectivity index (χ4v) is 3.00. The van der Waals surface area contributed by atoms with E-state index in [0.29, 0.717) is 23.2 Å². The molecule has 122 valence electrons. The predicted octanol–water partition coefficient (Wildman–Crippen LogP) is 4.09. The van der Waals surface area contributed by atoms with Crippen LogP contribution in [-0.2, 0) is 4.74 Å². The molecule has 1 unspecified atom stereocenters. The van der Waals surface area contributed by atoms with Crippen LogP contribution in [0.25, 0.3) is 0 Å². The Labute approximate surface area is 130 Å². The lowest BCUT2D eigenvalue weighted by Crippen LogP contribution is -2.53. The van der Waals surface area contributed by atoms with Crippen LogP contribution in [0.1, 0.15) is 58.3 Å². The van der Waals surface area contributed by atoms with Crippen molar-refractivity contribution in [3.05, 3.63) is 29.1 Å². The molecule has 0 saturated carbocycles. The highest BCUT2D eigenvalue weighted by Crippen LogP contribution is 2.44. The summed E-state index contributed by atoms with van der Waals surface area (Å²) in [4.78, 5) is 14.1. The summed E-state index contributed by atoms with van der Waals surface area (Å²) in [6, 6.07) is 2.66. The highest BCUT2D eigenvalue weighted by molar-refractivity contribution is 5.91. The summed E-state index contributed by atoms with van der Waals surface area (Å²) in [5.74, 6) is -0.435. The number of aliphatic hydroxyl groups excluding tert-OH is 1. The van der Waals surface area contributed by atoms with E-state index < -0.39 is 29.2 Å². The van der Waals surface area contributed by atoms with E-state index in [1.807, 2.05) is 13.8 Å². The molecule has 0 saturated heterocycles. The minimum Gasteiger partial charge on any atom is -0.443 e. The van der Waals surface area contributed by atoms with E-state index in [1.165, 1.54) is 17.0 Å². The quantitative estimate of drug-likeness (QED) is 0.785. The number of nitrogens with zero attached hydrogens (tertiary/aromatic N) is 1. The number of fused-ring (bicyclic) bond motifs is 1. The molecule has 4 nitrogen and oxygen atoms in total. The third-order valence-electron chi connectivity index (χ3n) is 3.78. The van der Waals surface area contributed by atoms with Gasteiger partial charge in [0.15, 0.2) is 0 Å². The predicted molar refractivity (Wildman–Crippen MR) is 83.5 cm³/mol. The molecule has 0 aromatic heterocycles. The molecule has 5 heteroatoms. The van der Waals surface area contributed by atoms with Gasteiger partial charge in [0.1, 0.15) is 11.4 Å². The monoisotopic (exact) mass is 309 g/mol. The Morgan fingerprint density at radius 1 is 1.41 bits per heavy atom. The summed E-state index contributed by atoms with van der Waals surface area (Å²) < 4.78 is 19.3. The summed E-state index contributed by atoms with van der Waals surface area (Å²) in [5, 5.41) is 10.4. The van der Waals surface area contributed by atoms with Gasteiger partial charge < -0.3 is 9.84 Å². The number of aliphatic hydroxyl groups is 1. The van der Waals surface area contributed by atoms with Crippen molar-refractivity contribution in [1.29, 1.82) is 0 Å². The zero-order valence-corrected chi connectivity index (χ0v) is 14.0. The smallest absolute Gasteiger partial charge is 0.415 e. The molecule has 1 aromatic rings. The van der Waals surface area contributed by atoms with Gasteiger partial charge >= 0.3 is 6.09 Å². The van der Waals surface area contributed by atoms with Crippen molar-refractivity contribution in [2.75, 3.05) is 4.90 Å². The lowest BCUT2D eigenvalue weighted by molar-refractivity contribution is 0.0496. The SMILES string of the molecule is Cc1cc(F)cc2c1C(O)CC(C)(C)N2C(=O)OC(C)(C)C. The second-order valence-corrected chi connectivity index (χ2v) is 7.50. The molecule has 1 heterocycles. The highest BCUT2D eigenvalue weighted by atomic mass is 19.1. The van der Waals surface area contributed by atoms with Gasteiger partial charge in [-0.05, 0) is 59.2 Å². The number of aryl methyl sites for hydroxylation is 1. The van der Waals surface area contributed by atoms with E-state index in [-0.39, 0.29) is 0 Å². The maximum Gasteiger partial charge on any atom is 0.415 e. The Bertz CT molecular complexity index is 605. The minimum atomic E-state index is -0.732. The molecule has 0 aliphatic carbocycles. The summed E-state index contributed by atoms with van der Waals surface area (Å²) in [6.07, 6.45) is -0.897. The number of hydrogen-bond donors (Lipinski definition) is 1. The Balaban J connectivity index is 2.57. The van der Waals surface area contributed by atoms with Gasteiger partial charge in [0.05, 0.1) is 11.8 Å². The van der Waals surface area contributed by atoms with Gasteiger partial charge in [-0.25, -0.2) is 9.18 Å². The molecule has 1 aliphatic rings. The molecule has 1 N–H and O–H groups in total. The Hall–Kier alpha value is -1.62. The first kappa shape index (κ1) is 16.7. The number of rotatable bonds is 0. The fraction of sp³-hybridized carbons (Fsp3) is 0.588. The first-order valence-electron chi connectivity index (χ1n) is 7.44. The molecule has 0 fully saturated rings. The second kappa shape index (κ2) is 5.23. The van der Waals surface area contributed by atoms with Gasteiger partial charge in [0.25, 0.3) is 0 Å². The molecule has 0 bridgehead atoms. The van der Waals surface area contributed by atoms with Crippen LogP contribution in [0, 0.1) is 12.7 Å². The van der Waals surface area contributed by atoms with Crippen LogP contribution in [-0.4, -0.2) is 22.3 Å². The Morgan fingerprint density at radius 2 is 2.00 bits per heavy atom. The van der Waals surface area contributed by atoms with Crippen LogP contribution in [0.15, 0.2) is 12.1 Å². The van der Waals surface area contributed by atoms with Crippen LogP contribution in [0.4, 0.5) is 14.9 Å². The largest absolute Gasteiger partial charge is 0.443 e. The van der Waals surface area contributed by atoms with Crippen molar-refractivity contribution in [2.24, 2.45) is 0 Å². The molecule has 1 atom stereocenters. The lowest BCUT2D eigenvalue weighted by Gasteiger charge is -2.45. The molecule has 2 rings (SSSR count). The van der Waals surface area contributed by atoms with Gasteiger partial charge in [-0.2, -0.15) is 0 Å². The summed E-state index contributed by atoms with van der Waals surface area (Å²) >= 11 is 0. The molecular formula is C17H24FNO3. The van der Waals surface area contributed by atoms with Crippen molar-refractivity contribution in [1.82, 2.24) is 0 Å². The molecule has 1 aliphatic heterocycles. The van der Waals surface area contributed by atoms with Crippen LogP contribution < -0.4 is 4.90 Å². The van der Waals surface area contributed by atoms with E-state index in [9.17, 15) is 14.3 Å². The number of halogens is 1. The normalized spacial score (nSPS) is 20.5. The van der Waals surface area contributed by atoms with Crippen LogP contribution in [0.5, 0.6) is 0 Å². The molecule has 0 radical (unpaired) electrons. The zero-order chi connectivity index (χ0) is 16.9. The summed E-state index contributed by atoms with van der Waals surface area (Å²) in [6.45, 7) is 10.8. The first-order chi connectivity index (χ1) is 9.92. The molecule has 0 spiro atoms. The molecule has 1 amide bonds. The van der Waals surface area contributed by atoms with Crippen LogP contribution in [0.2, 0.25) is 0 Å². The standard InChI is InChI=1S/C17H24FNO3/c1-10-7-11(18)8-12-14(10)13(20)9-17(5,6)19(12)15(21)22-16(2,3)4/h7-8,13,20H,9H2,1-6H3. The first-order valence-corrected chi connectivity index (χ1v) is 7.44. The van der Waals surface area contributed by atoms with Crippen LogP contribution >= 0.6 is 0 Å². The second-order valence-electron chi connectivity index (χ2n) is 7.50. The summed E-state index contributed by atoms with van der Waals surface area (Å²) in [7, 11) is 0. The number of ether oxygens (including phenoxy) is 1. The van der Waals surface area contributed by atoms with Crippen molar-refractivity contribution in [3.8, 4) is 0 Å². The molecule has 1 aromatic carbocycles. The van der Waals surface area contributed by atoms with Gasteiger partial charge in [0, 0.05) is 17.5 Å². The fourth-order valence-electron chi connectivity index (χ4n) is 3.00. The van der Waals surface area contributed by atoms with Crippen LogP contribution in [0.3, 0.4) is 0 Å². The maximum absolute atomic E-state index is 13.8. The number of carbonyl (C=O) groups excluding carboxylic acids is 1. The van der Waals surface area contributed by atoms with Gasteiger partial charge in [-0.1, -0.05) is 0 Å². The van der Waals surface area contributed by atoms with Crippen molar-refractivity contribution < 1.29 is 19.0 Å². The van der Waals surface area contributed by atoms with Gasteiger partial charge in [-0.15, -0.1) is 0 Å². The lowest BCUT2D eigenvalue weighted by atomic mass is 9.83. The Kier molecular flexibility index (Phi) is 3.98. The molecular weight excluding hydrogens is 285 g/mol. The highest BCUT2D eigenvalue weighted by Gasteiger charge is 2.43.